The summed E-state index contributed by atoms with van der Waals surface area (Å²) < 4.78 is 39.1. The van der Waals surface area contributed by atoms with Crippen LogP contribution in [0.2, 0.25) is 0 Å². The fourth-order valence-corrected chi connectivity index (χ4v) is 4.01. The fourth-order valence-electron chi connectivity index (χ4n) is 3.59. The van der Waals surface area contributed by atoms with Crippen LogP contribution in [-0.2, 0) is 33.3 Å². The first-order chi connectivity index (χ1) is 18.1. The van der Waals surface area contributed by atoms with E-state index in [1.165, 1.54) is 20.8 Å². The number of carbonyl (C=O) groups is 4. The minimum Gasteiger partial charge on any atom is -0.463 e. The monoisotopic (exact) mass is 548 g/mol. The van der Waals surface area contributed by atoms with Gasteiger partial charge in [0.25, 0.3) is 12.3 Å². The average Bonchev–Trinajstić information content (AvgIpc) is 2.85. The molecule has 4 atom stereocenters. The summed E-state index contributed by atoms with van der Waals surface area (Å²) >= 11 is 0.692. The largest absolute Gasteiger partial charge is 0.463 e. The summed E-state index contributed by atoms with van der Waals surface area (Å²) in [6, 6.07) is 11.7. The predicted molar refractivity (Wildman–Crippen MR) is 134 cm³/mol. The van der Waals surface area contributed by atoms with Crippen molar-refractivity contribution in [3.05, 3.63) is 53.6 Å². The molecule has 1 heterocycles. The van der Waals surface area contributed by atoms with Crippen LogP contribution in [-0.4, -0.2) is 55.4 Å². The van der Waals surface area contributed by atoms with Gasteiger partial charge in [-0.1, -0.05) is 6.07 Å². The van der Waals surface area contributed by atoms with Crippen LogP contribution in [0.3, 0.4) is 0 Å². The molecule has 1 saturated heterocycles. The van der Waals surface area contributed by atoms with Crippen LogP contribution in [0.4, 0.5) is 0 Å². The highest BCUT2D eigenvalue weighted by Crippen LogP contribution is 2.35. The van der Waals surface area contributed by atoms with Gasteiger partial charge in [0.1, 0.15) is 30.9 Å². The number of ether oxygens (including phenoxy) is 5. The van der Waals surface area contributed by atoms with Crippen LogP contribution in [0.5, 0.6) is 17.2 Å². The fraction of sp³-hybridized carbons (Fsp3) is 0.385. The number of carbonyl (C=O) groups excluding carboxylic acids is 4. The highest BCUT2D eigenvalue weighted by molar-refractivity contribution is 7.90. The summed E-state index contributed by atoms with van der Waals surface area (Å²) in [6.07, 6.45) is -3.12. The molecule has 2 aromatic carbocycles. The summed E-state index contributed by atoms with van der Waals surface area (Å²) in [5, 5.41) is 0. The van der Waals surface area contributed by atoms with Crippen LogP contribution in [0, 0.1) is 6.92 Å². The smallest absolute Gasteiger partial charge is 0.303 e. The van der Waals surface area contributed by atoms with Gasteiger partial charge >= 0.3 is 17.9 Å². The first-order valence-electron chi connectivity index (χ1n) is 11.6. The third kappa shape index (κ3) is 8.67. The number of esters is 3. The lowest BCUT2D eigenvalue weighted by atomic mass is 10.0. The number of hydrogen-bond donors (Lipinski definition) is 0. The molecule has 1 aliphatic rings. The number of hydrogen-bond acceptors (Lipinski definition) is 12. The minimum absolute atomic E-state index is 0.0220. The van der Waals surface area contributed by atoms with Crippen molar-refractivity contribution < 1.29 is 51.2 Å². The molecule has 0 amide bonds. The second kappa shape index (κ2) is 13.7. The topological polar surface area (TPSA) is 133 Å². The zero-order valence-electron chi connectivity index (χ0n) is 21.2. The molecule has 1 fully saturated rings. The van der Waals surface area contributed by atoms with Crippen LogP contribution in [0.25, 0.3) is 0 Å². The van der Waals surface area contributed by atoms with Gasteiger partial charge in [-0.15, -0.1) is 0 Å². The van der Waals surface area contributed by atoms with E-state index in [9.17, 15) is 19.2 Å². The number of aryl methyl sites for hydroxylation is 1. The minimum atomic E-state index is -1.01. The Morgan fingerprint density at radius 1 is 0.947 bits per heavy atom. The molecule has 204 valence electrons. The van der Waals surface area contributed by atoms with Crippen molar-refractivity contribution in [1.29, 1.82) is 0 Å². The Morgan fingerprint density at radius 3 is 2.29 bits per heavy atom. The first-order valence-corrected chi connectivity index (χ1v) is 12.3. The Morgan fingerprint density at radius 2 is 1.66 bits per heavy atom. The summed E-state index contributed by atoms with van der Waals surface area (Å²) in [6.45, 7) is 5.28. The molecule has 0 spiro atoms. The van der Waals surface area contributed by atoms with Gasteiger partial charge < -0.3 is 32.1 Å². The van der Waals surface area contributed by atoms with Crippen molar-refractivity contribution in [1.82, 2.24) is 0 Å². The summed E-state index contributed by atoms with van der Waals surface area (Å²) in [5.41, 5.74) is 1.40. The van der Waals surface area contributed by atoms with Gasteiger partial charge in [0.05, 0.1) is 6.42 Å². The lowest BCUT2D eigenvalue weighted by molar-refractivity contribution is -0.245. The second-order valence-corrected chi connectivity index (χ2v) is 8.82. The van der Waals surface area contributed by atoms with Gasteiger partial charge in [-0.05, 0) is 48.9 Å². The van der Waals surface area contributed by atoms with Crippen molar-refractivity contribution in [3.63, 3.8) is 0 Å². The van der Waals surface area contributed by atoms with Gasteiger partial charge in [0, 0.05) is 26.3 Å². The number of aldehydes is 1. The highest BCUT2D eigenvalue weighted by atomic mass is 32.2. The maximum absolute atomic E-state index is 11.8. The van der Waals surface area contributed by atoms with Crippen LogP contribution in [0.1, 0.15) is 43.1 Å². The molecule has 0 aliphatic carbocycles. The molecule has 2 aromatic rings. The van der Waals surface area contributed by atoms with Crippen molar-refractivity contribution in [2.45, 2.75) is 58.7 Å². The van der Waals surface area contributed by atoms with E-state index in [0.717, 1.165) is 11.8 Å². The summed E-state index contributed by atoms with van der Waals surface area (Å²) in [7, 11) is 0. The predicted octanol–water partition coefficient (Wildman–Crippen LogP) is 3.75. The molecule has 0 N–H and O–H groups in total. The number of rotatable bonds is 11. The Balaban J connectivity index is 1.75. The molecule has 0 saturated carbocycles. The lowest BCUT2D eigenvalue weighted by Crippen LogP contribution is -2.54. The van der Waals surface area contributed by atoms with Crippen LogP contribution < -0.4 is 13.1 Å². The van der Waals surface area contributed by atoms with Gasteiger partial charge in [0.15, 0.2) is 17.6 Å². The summed E-state index contributed by atoms with van der Waals surface area (Å²) in [4.78, 5) is 45.7. The quantitative estimate of drug-likeness (QED) is 0.175. The normalized spacial score (nSPS) is 20.5. The molecular weight excluding hydrogens is 520 g/mol. The molecule has 38 heavy (non-hydrogen) atoms. The van der Waals surface area contributed by atoms with E-state index in [4.69, 9.17) is 32.1 Å². The molecular formula is C26H28O11S. The Kier molecular flexibility index (Phi) is 10.4. The van der Waals surface area contributed by atoms with Gasteiger partial charge in [-0.25, -0.2) is 0 Å². The van der Waals surface area contributed by atoms with Gasteiger partial charge in [-0.2, -0.15) is 0 Å². The first kappa shape index (κ1) is 28.8. The zero-order chi connectivity index (χ0) is 27.7. The van der Waals surface area contributed by atoms with E-state index in [1.807, 2.05) is 6.92 Å². The third-order valence-electron chi connectivity index (χ3n) is 5.18. The number of benzene rings is 2. The van der Waals surface area contributed by atoms with Gasteiger partial charge in [0.2, 0.25) is 6.29 Å². The van der Waals surface area contributed by atoms with E-state index in [2.05, 4.69) is 0 Å². The van der Waals surface area contributed by atoms with E-state index in [1.54, 1.807) is 42.5 Å². The lowest BCUT2D eigenvalue weighted by Gasteiger charge is -2.39. The van der Waals surface area contributed by atoms with Crippen LogP contribution >= 0.6 is 12.3 Å². The zero-order valence-corrected chi connectivity index (χ0v) is 22.1. The van der Waals surface area contributed by atoms with Crippen molar-refractivity contribution in [3.8, 4) is 17.2 Å². The van der Waals surface area contributed by atoms with E-state index < -0.39 is 42.5 Å². The maximum atomic E-state index is 11.8. The highest BCUT2D eigenvalue weighted by Gasteiger charge is 2.44. The van der Waals surface area contributed by atoms with E-state index in [0.29, 0.717) is 35.1 Å². The Labute approximate surface area is 224 Å². The average molecular weight is 549 g/mol. The Bertz CT molecular complexity index is 1130. The van der Waals surface area contributed by atoms with Crippen LogP contribution in [0.15, 0.2) is 42.5 Å². The second-order valence-electron chi connectivity index (χ2n) is 8.35. The standard InChI is InChI=1S/C26H28O11S/c1-15-5-10-21(22(11-15)37-38-36-20-8-6-19(13-27)7-9-20)34-25-12-23(32-17(3)29)26(33-18(4)30)24(35-25)14-31-16(2)28/h5-11,13,23-26H,12,14H2,1-4H3. The third-order valence-corrected chi connectivity index (χ3v) is 5.69. The summed E-state index contributed by atoms with van der Waals surface area (Å²) in [5.74, 6) is -0.671. The molecule has 0 radical (unpaired) electrons. The molecule has 11 nitrogen and oxygen atoms in total. The molecule has 0 aromatic heterocycles. The van der Waals surface area contributed by atoms with Crippen molar-refractivity contribution >= 4 is 36.5 Å². The SMILES string of the molecule is CC(=O)OCC1OC(Oc2ccc(C)cc2OSOc2ccc(C=O)cc2)CC(OC(C)=O)C1OC(C)=O. The molecule has 1 aliphatic heterocycles. The molecule has 12 heteroatoms. The van der Waals surface area contributed by atoms with E-state index in [-0.39, 0.29) is 13.0 Å². The molecule has 0 bridgehead atoms. The molecule has 3 rings (SSSR count). The van der Waals surface area contributed by atoms with Crippen molar-refractivity contribution in [2.75, 3.05) is 6.61 Å². The maximum Gasteiger partial charge on any atom is 0.303 e. The van der Waals surface area contributed by atoms with Crippen molar-refractivity contribution in [2.24, 2.45) is 0 Å². The Hall–Kier alpha value is -3.77. The van der Waals surface area contributed by atoms with E-state index >= 15 is 0 Å². The van der Waals surface area contributed by atoms with Gasteiger partial charge in [-0.3, -0.25) is 19.2 Å². The molecule has 4 unspecified atom stereocenters.